The lowest BCUT2D eigenvalue weighted by Crippen LogP contribution is -2.53. The van der Waals surface area contributed by atoms with Gasteiger partial charge in [-0.2, -0.15) is 0 Å². The van der Waals surface area contributed by atoms with E-state index in [-0.39, 0.29) is 11.7 Å². The molecule has 0 radical (unpaired) electrons. The van der Waals surface area contributed by atoms with Gasteiger partial charge in [0.1, 0.15) is 0 Å². The molecule has 1 aromatic heterocycles. The van der Waals surface area contributed by atoms with E-state index >= 15 is 0 Å². The summed E-state index contributed by atoms with van der Waals surface area (Å²) in [5.41, 5.74) is 1.12. The van der Waals surface area contributed by atoms with Crippen LogP contribution in [0.4, 0.5) is 5.69 Å². The molecule has 4 heteroatoms. The number of nitrogens with zero attached hydrogens (tertiary/aromatic N) is 2. The largest absolute Gasteiger partial charge is 0.368 e. The van der Waals surface area contributed by atoms with E-state index in [1.54, 1.807) is 0 Å². The topological polar surface area (TPSA) is 25.4 Å². The number of alkyl halides is 1. The van der Waals surface area contributed by atoms with Gasteiger partial charge in [-0.15, -0.1) is 0 Å². The summed E-state index contributed by atoms with van der Waals surface area (Å²) < 4.78 is 5.97. The lowest BCUT2D eigenvalue weighted by atomic mass is 10.1. The Balaban J connectivity index is 2.16. The Morgan fingerprint density at radius 1 is 1.50 bits per heavy atom. The predicted molar refractivity (Wildman–Crippen MR) is 69.2 cm³/mol. The lowest BCUT2D eigenvalue weighted by Gasteiger charge is -2.43. The van der Waals surface area contributed by atoms with E-state index in [0.717, 1.165) is 18.4 Å². The molecule has 1 aromatic rings. The second kappa shape index (κ2) is 4.72. The van der Waals surface area contributed by atoms with Gasteiger partial charge in [0.15, 0.2) is 0 Å². The maximum atomic E-state index is 5.97. The van der Waals surface area contributed by atoms with Crippen molar-refractivity contribution < 1.29 is 4.74 Å². The molecule has 88 valence electrons. The zero-order valence-electron chi connectivity index (χ0n) is 9.69. The highest BCUT2D eigenvalue weighted by molar-refractivity contribution is 9.09. The molecule has 1 aliphatic heterocycles. The summed E-state index contributed by atoms with van der Waals surface area (Å²) in [6.07, 6.45) is 3.92. The van der Waals surface area contributed by atoms with E-state index in [2.05, 4.69) is 39.7 Å². The van der Waals surface area contributed by atoms with E-state index in [4.69, 9.17) is 4.74 Å². The van der Waals surface area contributed by atoms with Gasteiger partial charge in [-0.3, -0.25) is 4.98 Å². The lowest BCUT2D eigenvalue weighted by molar-refractivity contribution is -0.0724. The minimum absolute atomic E-state index is 0.0973. The average Bonchev–Trinajstić information content (AvgIpc) is 2.28. The number of halogens is 1. The van der Waals surface area contributed by atoms with Crippen LogP contribution in [-0.2, 0) is 4.74 Å². The van der Waals surface area contributed by atoms with Crippen LogP contribution in [0.15, 0.2) is 24.5 Å². The Labute approximate surface area is 105 Å². The van der Waals surface area contributed by atoms with Crippen LogP contribution in [-0.4, -0.2) is 35.1 Å². The quantitative estimate of drug-likeness (QED) is 0.780. The van der Waals surface area contributed by atoms with Gasteiger partial charge in [-0.1, -0.05) is 15.9 Å². The summed E-state index contributed by atoms with van der Waals surface area (Å²) in [5, 5.41) is 0.873. The molecule has 1 unspecified atom stereocenters. The summed E-state index contributed by atoms with van der Waals surface area (Å²) in [6, 6.07) is 4.10. The van der Waals surface area contributed by atoms with Gasteiger partial charge in [0.05, 0.1) is 11.7 Å². The molecular formula is C12H17BrN2O. The Bertz CT molecular complexity index is 342. The molecule has 1 atom stereocenters. The third kappa shape index (κ3) is 2.74. The van der Waals surface area contributed by atoms with Crippen molar-refractivity contribution in [3.05, 3.63) is 24.5 Å². The van der Waals surface area contributed by atoms with Crippen molar-refractivity contribution in [3.8, 4) is 0 Å². The van der Waals surface area contributed by atoms with Gasteiger partial charge in [0, 0.05) is 36.5 Å². The molecule has 1 aliphatic rings. The van der Waals surface area contributed by atoms with Crippen molar-refractivity contribution >= 4 is 21.6 Å². The van der Waals surface area contributed by atoms with Crippen LogP contribution in [0.5, 0.6) is 0 Å². The zero-order valence-corrected chi connectivity index (χ0v) is 11.3. The molecule has 1 fully saturated rings. The smallest absolute Gasteiger partial charge is 0.0854 e. The predicted octanol–water partition coefficient (Wildman–Crippen LogP) is 2.46. The van der Waals surface area contributed by atoms with Gasteiger partial charge in [-0.05, 0) is 26.0 Å². The number of anilines is 1. The van der Waals surface area contributed by atoms with Crippen molar-refractivity contribution in [2.24, 2.45) is 0 Å². The summed E-state index contributed by atoms with van der Waals surface area (Å²) in [7, 11) is 0. The fraction of sp³-hybridized carbons (Fsp3) is 0.583. The molecule has 2 rings (SSSR count). The number of hydrogen-bond donors (Lipinski definition) is 0. The molecule has 0 saturated carbocycles. The monoisotopic (exact) mass is 284 g/mol. The minimum atomic E-state index is -0.0973. The molecule has 0 N–H and O–H groups in total. The highest BCUT2D eigenvalue weighted by Gasteiger charge is 2.32. The highest BCUT2D eigenvalue weighted by Crippen LogP contribution is 2.26. The molecule has 0 aromatic carbocycles. The maximum absolute atomic E-state index is 5.97. The van der Waals surface area contributed by atoms with E-state index in [1.807, 2.05) is 24.5 Å². The maximum Gasteiger partial charge on any atom is 0.0854 e. The summed E-state index contributed by atoms with van der Waals surface area (Å²) in [5.74, 6) is 0. The second-order valence-electron chi connectivity index (χ2n) is 4.74. The number of pyridine rings is 1. The molecule has 0 spiro atoms. The molecule has 0 bridgehead atoms. The molecule has 2 heterocycles. The molecule has 0 amide bonds. The van der Waals surface area contributed by atoms with Gasteiger partial charge >= 0.3 is 0 Å². The highest BCUT2D eigenvalue weighted by atomic mass is 79.9. The number of rotatable bonds is 2. The molecule has 3 nitrogen and oxygen atoms in total. The van der Waals surface area contributed by atoms with Crippen molar-refractivity contribution in [2.75, 3.05) is 23.3 Å². The van der Waals surface area contributed by atoms with Crippen molar-refractivity contribution in [1.29, 1.82) is 0 Å². The normalized spacial score (nSPS) is 24.4. The Kier molecular flexibility index (Phi) is 3.50. The Morgan fingerprint density at radius 3 is 2.81 bits per heavy atom. The second-order valence-corrected chi connectivity index (χ2v) is 5.39. The fourth-order valence-electron chi connectivity index (χ4n) is 2.13. The summed E-state index contributed by atoms with van der Waals surface area (Å²) >= 11 is 3.50. The van der Waals surface area contributed by atoms with Gasteiger partial charge in [0.25, 0.3) is 0 Å². The summed E-state index contributed by atoms with van der Waals surface area (Å²) in [6.45, 7) is 6.12. The molecular weight excluding hydrogens is 268 g/mol. The van der Waals surface area contributed by atoms with Crippen LogP contribution in [0, 0.1) is 0 Å². The van der Waals surface area contributed by atoms with Crippen molar-refractivity contribution in [2.45, 2.75) is 25.6 Å². The van der Waals surface area contributed by atoms with Gasteiger partial charge < -0.3 is 9.64 Å². The Morgan fingerprint density at radius 2 is 2.19 bits per heavy atom. The van der Waals surface area contributed by atoms with Crippen LogP contribution in [0.25, 0.3) is 0 Å². The number of ether oxygens (including phenoxy) is 1. The van der Waals surface area contributed by atoms with Gasteiger partial charge in [-0.25, -0.2) is 0 Å². The van der Waals surface area contributed by atoms with Crippen LogP contribution >= 0.6 is 15.9 Å². The number of aromatic nitrogens is 1. The number of morpholine rings is 1. The van der Waals surface area contributed by atoms with Crippen molar-refractivity contribution in [3.63, 3.8) is 0 Å². The van der Waals surface area contributed by atoms with Crippen LogP contribution in [0.1, 0.15) is 13.8 Å². The standard InChI is InChI=1S/C12H17BrN2O/c1-12(2)9-15(8-11(7-13)16-12)10-3-5-14-6-4-10/h3-6,11H,7-9H2,1-2H3. The Hall–Kier alpha value is -0.610. The average molecular weight is 285 g/mol. The molecule has 1 saturated heterocycles. The number of hydrogen-bond acceptors (Lipinski definition) is 3. The summed E-state index contributed by atoms with van der Waals surface area (Å²) in [4.78, 5) is 6.41. The molecule has 0 aliphatic carbocycles. The first-order valence-electron chi connectivity index (χ1n) is 5.49. The van der Waals surface area contributed by atoms with Crippen LogP contribution in [0.2, 0.25) is 0 Å². The zero-order chi connectivity index (χ0) is 11.6. The van der Waals surface area contributed by atoms with Crippen LogP contribution in [0.3, 0.4) is 0 Å². The fourth-order valence-corrected chi connectivity index (χ4v) is 2.46. The van der Waals surface area contributed by atoms with Gasteiger partial charge in [0.2, 0.25) is 0 Å². The third-order valence-corrected chi connectivity index (χ3v) is 3.40. The molecule has 16 heavy (non-hydrogen) atoms. The third-order valence-electron chi connectivity index (χ3n) is 2.68. The van der Waals surface area contributed by atoms with E-state index in [0.29, 0.717) is 0 Å². The van der Waals surface area contributed by atoms with E-state index < -0.39 is 0 Å². The SMILES string of the molecule is CC1(C)CN(c2ccncc2)CC(CBr)O1. The first-order valence-corrected chi connectivity index (χ1v) is 6.62. The minimum Gasteiger partial charge on any atom is -0.368 e. The first-order chi connectivity index (χ1) is 7.61. The van der Waals surface area contributed by atoms with E-state index in [9.17, 15) is 0 Å². The first kappa shape index (κ1) is 11.9. The van der Waals surface area contributed by atoms with E-state index in [1.165, 1.54) is 5.69 Å². The van der Waals surface area contributed by atoms with Crippen LogP contribution < -0.4 is 4.90 Å². The van der Waals surface area contributed by atoms with Crippen molar-refractivity contribution in [1.82, 2.24) is 4.98 Å².